The molecule has 0 radical (unpaired) electrons. The molecule has 0 spiro atoms. The Morgan fingerprint density at radius 1 is 1.33 bits per heavy atom. The summed E-state index contributed by atoms with van der Waals surface area (Å²) in [5.41, 5.74) is 3.58. The highest BCUT2D eigenvalue weighted by molar-refractivity contribution is 5.33. The zero-order valence-electron chi connectivity index (χ0n) is 11.2. The first-order valence-corrected chi connectivity index (χ1v) is 6.47. The number of aromatic nitrogens is 1. The van der Waals surface area contributed by atoms with Crippen molar-refractivity contribution in [2.24, 2.45) is 0 Å². The van der Waals surface area contributed by atoms with E-state index in [0.717, 1.165) is 18.7 Å². The maximum Gasteiger partial charge on any atom is 0.108 e. The van der Waals surface area contributed by atoms with E-state index in [1.807, 2.05) is 12.4 Å². The van der Waals surface area contributed by atoms with E-state index in [-0.39, 0.29) is 6.04 Å². The average Bonchev–Trinajstić information content (AvgIpc) is 2.84. The second-order valence-corrected chi connectivity index (χ2v) is 4.44. The summed E-state index contributed by atoms with van der Waals surface area (Å²) >= 11 is 0. The van der Waals surface area contributed by atoms with Crippen molar-refractivity contribution >= 4 is 0 Å². The van der Waals surface area contributed by atoms with Gasteiger partial charge in [0.2, 0.25) is 0 Å². The number of hydrogen-bond acceptors (Lipinski definition) is 3. The van der Waals surface area contributed by atoms with Crippen LogP contribution < -0.4 is 5.32 Å². The van der Waals surface area contributed by atoms with Crippen LogP contribution in [0.5, 0.6) is 0 Å². The first-order valence-electron chi connectivity index (χ1n) is 6.47. The van der Waals surface area contributed by atoms with Crippen LogP contribution in [0, 0.1) is 6.92 Å². The van der Waals surface area contributed by atoms with E-state index in [1.54, 1.807) is 6.26 Å². The van der Waals surface area contributed by atoms with E-state index in [2.05, 4.69) is 43.2 Å². The quantitative estimate of drug-likeness (QED) is 0.877. The van der Waals surface area contributed by atoms with Crippen LogP contribution in [0.2, 0.25) is 0 Å². The molecule has 0 aromatic carbocycles. The highest BCUT2D eigenvalue weighted by Gasteiger charge is 2.18. The van der Waals surface area contributed by atoms with Gasteiger partial charge < -0.3 is 9.73 Å². The van der Waals surface area contributed by atoms with Gasteiger partial charge in [0.15, 0.2) is 0 Å². The molecule has 3 heteroatoms. The van der Waals surface area contributed by atoms with Gasteiger partial charge in [-0.1, -0.05) is 19.9 Å². The van der Waals surface area contributed by atoms with E-state index in [9.17, 15) is 0 Å². The standard InChI is InChI=1S/C15H20N2O/c1-4-14-13(6-7-18-14)15(17-5-2)12-8-11(3)9-16-10-12/h6-10,15,17H,4-5H2,1-3H3. The normalized spacial score (nSPS) is 12.6. The molecule has 0 bridgehead atoms. The Hall–Kier alpha value is -1.61. The van der Waals surface area contributed by atoms with Crippen LogP contribution in [0.1, 0.15) is 42.3 Å². The molecule has 1 N–H and O–H groups in total. The molecule has 0 saturated carbocycles. The SMILES string of the molecule is CCNC(c1cncc(C)c1)c1ccoc1CC. The Morgan fingerprint density at radius 3 is 2.83 bits per heavy atom. The third-order valence-electron chi connectivity index (χ3n) is 3.05. The Bertz CT molecular complexity index is 505. The number of pyridine rings is 1. The maximum absolute atomic E-state index is 5.53. The number of hydrogen-bond donors (Lipinski definition) is 1. The van der Waals surface area contributed by atoms with E-state index < -0.39 is 0 Å². The molecule has 3 nitrogen and oxygen atoms in total. The fraction of sp³-hybridized carbons (Fsp3) is 0.400. The average molecular weight is 244 g/mol. The van der Waals surface area contributed by atoms with Crippen molar-refractivity contribution in [3.05, 3.63) is 53.2 Å². The van der Waals surface area contributed by atoms with Crippen LogP contribution in [0.3, 0.4) is 0 Å². The Kier molecular flexibility index (Phi) is 4.15. The maximum atomic E-state index is 5.53. The van der Waals surface area contributed by atoms with Gasteiger partial charge in [-0.2, -0.15) is 0 Å². The minimum absolute atomic E-state index is 0.163. The predicted octanol–water partition coefficient (Wildman–Crippen LogP) is 3.24. The van der Waals surface area contributed by atoms with Gasteiger partial charge in [-0.25, -0.2) is 0 Å². The molecular weight excluding hydrogens is 224 g/mol. The first kappa shape index (κ1) is 12.8. The Labute approximate surface area is 108 Å². The summed E-state index contributed by atoms with van der Waals surface area (Å²) in [6.07, 6.45) is 6.47. The van der Waals surface area contributed by atoms with Gasteiger partial charge >= 0.3 is 0 Å². The van der Waals surface area contributed by atoms with Gasteiger partial charge in [0.05, 0.1) is 12.3 Å². The summed E-state index contributed by atoms with van der Waals surface area (Å²) in [7, 11) is 0. The van der Waals surface area contributed by atoms with Gasteiger partial charge in [0, 0.05) is 24.4 Å². The van der Waals surface area contributed by atoms with Crippen LogP contribution in [-0.2, 0) is 6.42 Å². The van der Waals surface area contributed by atoms with Gasteiger partial charge in [-0.3, -0.25) is 4.98 Å². The molecule has 1 unspecified atom stereocenters. The fourth-order valence-corrected chi connectivity index (χ4v) is 2.24. The molecule has 0 aliphatic heterocycles. The smallest absolute Gasteiger partial charge is 0.108 e. The van der Waals surface area contributed by atoms with E-state index in [1.165, 1.54) is 16.7 Å². The van der Waals surface area contributed by atoms with Crippen molar-refractivity contribution in [2.75, 3.05) is 6.54 Å². The Morgan fingerprint density at radius 2 is 2.17 bits per heavy atom. The molecule has 0 fully saturated rings. The van der Waals surface area contributed by atoms with E-state index >= 15 is 0 Å². The summed E-state index contributed by atoms with van der Waals surface area (Å²) in [6, 6.07) is 4.39. The molecule has 96 valence electrons. The molecule has 1 atom stereocenters. The minimum Gasteiger partial charge on any atom is -0.469 e. The van der Waals surface area contributed by atoms with Crippen LogP contribution in [0.4, 0.5) is 0 Å². The Balaban J connectivity index is 2.39. The second-order valence-electron chi connectivity index (χ2n) is 4.44. The van der Waals surface area contributed by atoms with E-state index in [4.69, 9.17) is 4.42 Å². The van der Waals surface area contributed by atoms with Crippen LogP contribution in [-0.4, -0.2) is 11.5 Å². The molecule has 0 amide bonds. The lowest BCUT2D eigenvalue weighted by Crippen LogP contribution is -2.22. The van der Waals surface area contributed by atoms with Crippen molar-refractivity contribution < 1.29 is 4.42 Å². The van der Waals surface area contributed by atoms with Crippen molar-refractivity contribution in [1.29, 1.82) is 0 Å². The third kappa shape index (κ3) is 2.62. The molecule has 0 aliphatic carbocycles. The monoisotopic (exact) mass is 244 g/mol. The van der Waals surface area contributed by atoms with Gasteiger partial charge in [-0.05, 0) is 30.7 Å². The van der Waals surface area contributed by atoms with Crippen LogP contribution in [0.25, 0.3) is 0 Å². The summed E-state index contributed by atoms with van der Waals surface area (Å²) in [5, 5.41) is 3.50. The first-order chi connectivity index (χ1) is 8.76. The topological polar surface area (TPSA) is 38.1 Å². The van der Waals surface area contributed by atoms with Gasteiger partial charge in [0.1, 0.15) is 5.76 Å². The summed E-state index contributed by atoms with van der Waals surface area (Å²) < 4.78 is 5.53. The summed E-state index contributed by atoms with van der Waals surface area (Å²) in [5.74, 6) is 1.04. The molecule has 0 saturated heterocycles. The predicted molar refractivity (Wildman–Crippen MR) is 72.6 cm³/mol. The number of nitrogens with one attached hydrogen (secondary N) is 1. The minimum atomic E-state index is 0.163. The zero-order valence-corrected chi connectivity index (χ0v) is 11.2. The molecule has 2 aromatic heterocycles. The number of rotatable bonds is 5. The molecule has 2 heterocycles. The van der Waals surface area contributed by atoms with Crippen LogP contribution in [0.15, 0.2) is 35.2 Å². The molecule has 18 heavy (non-hydrogen) atoms. The van der Waals surface area contributed by atoms with Crippen molar-refractivity contribution in [3.63, 3.8) is 0 Å². The van der Waals surface area contributed by atoms with Gasteiger partial charge in [-0.15, -0.1) is 0 Å². The zero-order chi connectivity index (χ0) is 13.0. The van der Waals surface area contributed by atoms with Crippen LogP contribution >= 0.6 is 0 Å². The van der Waals surface area contributed by atoms with Gasteiger partial charge in [0.25, 0.3) is 0 Å². The molecule has 2 aromatic rings. The highest BCUT2D eigenvalue weighted by Crippen LogP contribution is 2.26. The summed E-state index contributed by atoms with van der Waals surface area (Å²) in [4.78, 5) is 4.28. The number of nitrogens with zero attached hydrogens (tertiary/aromatic N) is 1. The van der Waals surface area contributed by atoms with Crippen molar-refractivity contribution in [3.8, 4) is 0 Å². The number of furan rings is 1. The highest BCUT2D eigenvalue weighted by atomic mass is 16.3. The lowest BCUT2D eigenvalue weighted by atomic mass is 9.99. The molecule has 2 rings (SSSR count). The lowest BCUT2D eigenvalue weighted by molar-refractivity contribution is 0.502. The number of aryl methyl sites for hydroxylation is 2. The van der Waals surface area contributed by atoms with Crippen molar-refractivity contribution in [2.45, 2.75) is 33.2 Å². The third-order valence-corrected chi connectivity index (χ3v) is 3.05. The van der Waals surface area contributed by atoms with E-state index in [0.29, 0.717) is 0 Å². The second kappa shape index (κ2) is 5.83. The lowest BCUT2D eigenvalue weighted by Gasteiger charge is -2.18. The largest absolute Gasteiger partial charge is 0.469 e. The molecule has 0 aliphatic rings. The summed E-state index contributed by atoms with van der Waals surface area (Å²) in [6.45, 7) is 7.20. The fourth-order valence-electron chi connectivity index (χ4n) is 2.24. The molecular formula is C15H20N2O. The van der Waals surface area contributed by atoms with Crippen molar-refractivity contribution in [1.82, 2.24) is 10.3 Å².